The highest BCUT2D eigenvalue weighted by atomic mass is 16.1. The molecule has 1 aliphatic carbocycles. The number of allylic oxidation sites excluding steroid dienone is 2. The Morgan fingerprint density at radius 3 is 1.42 bits per heavy atom. The van der Waals surface area contributed by atoms with Crippen LogP contribution in [0.5, 0.6) is 0 Å². The van der Waals surface area contributed by atoms with Crippen LogP contribution in [0.15, 0.2) is 47.5 Å². The number of aryl methyl sites for hydroxylation is 2. The van der Waals surface area contributed by atoms with Gasteiger partial charge >= 0.3 is 0 Å². The predicted molar refractivity (Wildman–Crippen MR) is 144 cm³/mol. The molecule has 0 amide bonds. The topological polar surface area (TPSA) is 23.6 Å². The lowest BCUT2D eigenvalue weighted by atomic mass is 9.86. The van der Waals surface area contributed by atoms with E-state index in [2.05, 4.69) is 99.9 Å². The molecule has 0 spiro atoms. The average Bonchev–Trinajstić information content (AvgIpc) is 2.81. The molecule has 0 N–H and O–H groups in total. The predicted octanol–water partition coefficient (Wildman–Crippen LogP) is 7.22. The number of rotatable bonds is 8. The second-order valence-corrected chi connectivity index (χ2v) is 8.95. The molecule has 1 saturated carbocycles. The zero-order valence-corrected chi connectivity index (χ0v) is 21.4. The van der Waals surface area contributed by atoms with E-state index in [1.165, 1.54) is 22.5 Å². The molecule has 1 aliphatic rings. The number of hydrogen-bond donors (Lipinski definition) is 0. The van der Waals surface area contributed by atoms with Crippen molar-refractivity contribution in [2.45, 2.75) is 60.8 Å². The van der Waals surface area contributed by atoms with Crippen LogP contribution in [0, 0.1) is 13.8 Å². The summed E-state index contributed by atoms with van der Waals surface area (Å²) in [6, 6.07) is 13.2. The molecule has 3 nitrogen and oxygen atoms in total. The van der Waals surface area contributed by atoms with Gasteiger partial charge < -0.3 is 9.80 Å². The first-order chi connectivity index (χ1) is 15.9. The van der Waals surface area contributed by atoms with Gasteiger partial charge in [0.1, 0.15) is 0 Å². The Morgan fingerprint density at radius 2 is 1.09 bits per heavy atom. The molecule has 0 saturated heterocycles. The van der Waals surface area contributed by atoms with Crippen molar-refractivity contribution in [1.29, 1.82) is 0 Å². The first-order valence-corrected chi connectivity index (χ1v) is 12.6. The van der Waals surface area contributed by atoms with Gasteiger partial charge in [0.15, 0.2) is 5.78 Å². The Hall–Kier alpha value is -2.81. The van der Waals surface area contributed by atoms with Gasteiger partial charge in [0.2, 0.25) is 0 Å². The first-order valence-electron chi connectivity index (χ1n) is 12.6. The standard InChI is InChI=1S/C30H40N2O/c1-7-31(8-2)28-16-14-24(22(5)18-28)20-26-12-11-13-27(30(26)33)21-25-15-17-29(19-23(25)6)32(9-3)10-4/h14-21H,7-13H2,1-6H3/b26-20-,27-21+. The largest absolute Gasteiger partial charge is 0.372 e. The summed E-state index contributed by atoms with van der Waals surface area (Å²) in [5, 5.41) is 0. The van der Waals surface area contributed by atoms with Crippen molar-refractivity contribution in [1.82, 2.24) is 0 Å². The van der Waals surface area contributed by atoms with Gasteiger partial charge in [0.05, 0.1) is 0 Å². The lowest BCUT2D eigenvalue weighted by molar-refractivity contribution is -0.112. The van der Waals surface area contributed by atoms with Gasteiger partial charge in [-0.1, -0.05) is 12.1 Å². The maximum Gasteiger partial charge on any atom is 0.185 e. The minimum Gasteiger partial charge on any atom is -0.372 e. The number of anilines is 2. The van der Waals surface area contributed by atoms with E-state index in [4.69, 9.17) is 0 Å². The number of carbonyl (C=O) groups excluding carboxylic acids is 1. The minimum atomic E-state index is 0.209. The van der Waals surface area contributed by atoms with E-state index < -0.39 is 0 Å². The van der Waals surface area contributed by atoms with Gasteiger partial charge in [-0.3, -0.25) is 4.79 Å². The third-order valence-electron chi connectivity index (χ3n) is 6.90. The van der Waals surface area contributed by atoms with Gasteiger partial charge in [-0.2, -0.15) is 0 Å². The Morgan fingerprint density at radius 1 is 0.697 bits per heavy atom. The molecule has 0 radical (unpaired) electrons. The lowest BCUT2D eigenvalue weighted by Gasteiger charge is -2.22. The van der Waals surface area contributed by atoms with Crippen molar-refractivity contribution >= 4 is 29.3 Å². The molecule has 0 unspecified atom stereocenters. The summed E-state index contributed by atoms with van der Waals surface area (Å²) in [4.78, 5) is 18.0. The zero-order chi connectivity index (χ0) is 24.0. The highest BCUT2D eigenvalue weighted by Gasteiger charge is 2.21. The number of carbonyl (C=O) groups is 1. The van der Waals surface area contributed by atoms with E-state index in [-0.39, 0.29) is 5.78 Å². The van der Waals surface area contributed by atoms with Crippen LogP contribution < -0.4 is 9.80 Å². The van der Waals surface area contributed by atoms with Crippen LogP contribution in [0.4, 0.5) is 11.4 Å². The third kappa shape index (κ3) is 5.76. The van der Waals surface area contributed by atoms with Gasteiger partial charge in [0, 0.05) is 48.7 Å². The lowest BCUT2D eigenvalue weighted by Crippen LogP contribution is -2.21. The Kier molecular flexibility index (Phi) is 8.55. The summed E-state index contributed by atoms with van der Waals surface area (Å²) >= 11 is 0. The van der Waals surface area contributed by atoms with Crippen molar-refractivity contribution in [2.24, 2.45) is 0 Å². The number of ketones is 1. The molecule has 3 rings (SSSR count). The molecule has 0 aliphatic heterocycles. The summed E-state index contributed by atoms with van der Waals surface area (Å²) in [7, 11) is 0. The molecule has 0 atom stereocenters. The van der Waals surface area contributed by atoms with Gasteiger partial charge in [-0.15, -0.1) is 0 Å². The fourth-order valence-corrected chi connectivity index (χ4v) is 4.77. The minimum absolute atomic E-state index is 0.209. The quantitative estimate of drug-likeness (QED) is 0.402. The van der Waals surface area contributed by atoms with Crippen molar-refractivity contribution in [3.63, 3.8) is 0 Å². The van der Waals surface area contributed by atoms with Crippen LogP contribution in [0.25, 0.3) is 12.2 Å². The summed E-state index contributed by atoms with van der Waals surface area (Å²) in [6.07, 6.45) is 6.97. The van der Waals surface area contributed by atoms with Crippen LogP contribution in [0.3, 0.4) is 0 Å². The maximum absolute atomic E-state index is 13.3. The van der Waals surface area contributed by atoms with E-state index in [1.807, 2.05) is 0 Å². The van der Waals surface area contributed by atoms with Crippen LogP contribution in [0.2, 0.25) is 0 Å². The number of Topliss-reactive ketones (excluding diaryl/α,β-unsaturated/α-hetero) is 1. The first kappa shape index (κ1) is 24.8. The molecule has 3 heteroatoms. The molecule has 0 heterocycles. The van der Waals surface area contributed by atoms with E-state index in [1.54, 1.807) is 0 Å². The van der Waals surface area contributed by atoms with Crippen LogP contribution in [-0.2, 0) is 4.79 Å². The molecule has 0 bridgehead atoms. The summed E-state index contributed by atoms with van der Waals surface area (Å²) in [6.45, 7) is 17.0. The fourth-order valence-electron chi connectivity index (χ4n) is 4.77. The highest BCUT2D eigenvalue weighted by Crippen LogP contribution is 2.30. The normalized spacial score (nSPS) is 16.5. The fraction of sp³-hybridized carbons (Fsp3) is 0.433. The Labute approximate surface area is 200 Å². The molecule has 1 fully saturated rings. The smallest absolute Gasteiger partial charge is 0.185 e. The third-order valence-corrected chi connectivity index (χ3v) is 6.90. The van der Waals surface area contributed by atoms with Gasteiger partial charge in [-0.25, -0.2) is 0 Å². The molecule has 33 heavy (non-hydrogen) atoms. The molecular formula is C30H40N2O. The van der Waals surface area contributed by atoms with E-state index in [0.29, 0.717) is 0 Å². The van der Waals surface area contributed by atoms with Crippen LogP contribution in [-0.4, -0.2) is 32.0 Å². The highest BCUT2D eigenvalue weighted by molar-refractivity contribution is 6.14. The molecule has 0 aromatic heterocycles. The Balaban J connectivity index is 1.85. The monoisotopic (exact) mass is 444 g/mol. The molecule has 2 aromatic rings. The van der Waals surface area contributed by atoms with E-state index in [9.17, 15) is 4.79 Å². The zero-order valence-electron chi connectivity index (χ0n) is 21.4. The number of benzene rings is 2. The maximum atomic E-state index is 13.3. The van der Waals surface area contributed by atoms with Crippen molar-refractivity contribution in [3.05, 3.63) is 69.8 Å². The Bertz CT molecular complexity index is 958. The van der Waals surface area contributed by atoms with E-state index >= 15 is 0 Å². The molecule has 2 aromatic carbocycles. The number of hydrogen-bond acceptors (Lipinski definition) is 3. The average molecular weight is 445 g/mol. The van der Waals surface area contributed by atoms with Gasteiger partial charge in [-0.05, 0) is 119 Å². The molecular weight excluding hydrogens is 404 g/mol. The van der Waals surface area contributed by atoms with Crippen LogP contribution >= 0.6 is 0 Å². The second kappa shape index (κ2) is 11.4. The second-order valence-electron chi connectivity index (χ2n) is 8.95. The van der Waals surface area contributed by atoms with Crippen molar-refractivity contribution in [2.75, 3.05) is 36.0 Å². The summed E-state index contributed by atoms with van der Waals surface area (Å²) < 4.78 is 0. The number of nitrogens with zero attached hydrogens (tertiary/aromatic N) is 2. The summed E-state index contributed by atoms with van der Waals surface area (Å²) in [5.74, 6) is 0.209. The van der Waals surface area contributed by atoms with Crippen molar-refractivity contribution in [3.8, 4) is 0 Å². The van der Waals surface area contributed by atoms with Gasteiger partial charge in [0.25, 0.3) is 0 Å². The van der Waals surface area contributed by atoms with Crippen molar-refractivity contribution < 1.29 is 4.79 Å². The summed E-state index contributed by atoms with van der Waals surface area (Å²) in [5.41, 5.74) is 9.10. The van der Waals surface area contributed by atoms with E-state index in [0.717, 1.165) is 67.7 Å². The molecule has 176 valence electrons. The van der Waals surface area contributed by atoms with Crippen LogP contribution in [0.1, 0.15) is 69.2 Å². The SMILES string of the molecule is CCN(CC)c1ccc(/C=C2/CCC/C(=C\c3ccc(N(CC)CC)cc3C)C2=O)c(C)c1.